The van der Waals surface area contributed by atoms with Crippen LogP contribution in [-0.4, -0.2) is 12.6 Å². The Morgan fingerprint density at radius 2 is 1.71 bits per heavy atom. The number of carbonyl (C=O) groups excluding carboxylic acids is 1. The Morgan fingerprint density at radius 1 is 1.10 bits per heavy atom. The van der Waals surface area contributed by atoms with Crippen molar-refractivity contribution in [3.63, 3.8) is 0 Å². The average molecular weight is 300 g/mol. The topological polar surface area (TPSA) is 26.3 Å². The number of ether oxygens (including phenoxy) is 1. The van der Waals surface area contributed by atoms with Crippen molar-refractivity contribution in [1.29, 1.82) is 0 Å². The van der Waals surface area contributed by atoms with E-state index < -0.39 is 17.5 Å². The molecule has 0 spiro atoms. The standard InChI is InChI=1S/C16H19F3O2/c17-13-8-12(9-14(18)16(13)19)6-7-21-15(20)10-11-4-2-1-3-5-11/h8-9,11H,1-7,10H2. The molecule has 0 atom stereocenters. The van der Waals surface area contributed by atoms with Gasteiger partial charge in [-0.05, 0) is 36.5 Å². The van der Waals surface area contributed by atoms with Crippen LogP contribution in [-0.2, 0) is 16.0 Å². The molecular weight excluding hydrogens is 281 g/mol. The summed E-state index contributed by atoms with van der Waals surface area (Å²) in [6.45, 7) is 0.0517. The fraction of sp³-hybridized carbons (Fsp3) is 0.562. The highest BCUT2D eigenvalue weighted by atomic mass is 19.2. The van der Waals surface area contributed by atoms with Gasteiger partial charge in [-0.25, -0.2) is 13.2 Å². The summed E-state index contributed by atoms with van der Waals surface area (Å²) in [7, 11) is 0. The normalized spacial score (nSPS) is 16.0. The van der Waals surface area contributed by atoms with Crippen LogP contribution in [0.1, 0.15) is 44.1 Å². The van der Waals surface area contributed by atoms with Gasteiger partial charge in [0.25, 0.3) is 0 Å². The first kappa shape index (κ1) is 15.9. The smallest absolute Gasteiger partial charge is 0.306 e. The molecule has 0 amide bonds. The first-order valence-corrected chi connectivity index (χ1v) is 7.35. The van der Waals surface area contributed by atoms with Gasteiger partial charge >= 0.3 is 5.97 Å². The Bertz CT molecular complexity index is 473. The van der Waals surface area contributed by atoms with Gasteiger partial charge in [0.1, 0.15) is 0 Å². The third kappa shape index (κ3) is 4.76. The molecular formula is C16H19F3O2. The summed E-state index contributed by atoms with van der Waals surface area (Å²) in [5.41, 5.74) is 0.275. The highest BCUT2D eigenvalue weighted by molar-refractivity contribution is 5.69. The van der Waals surface area contributed by atoms with Crippen LogP contribution in [0, 0.1) is 23.4 Å². The van der Waals surface area contributed by atoms with Gasteiger partial charge in [-0.1, -0.05) is 19.3 Å². The van der Waals surface area contributed by atoms with Crippen LogP contribution < -0.4 is 0 Å². The summed E-state index contributed by atoms with van der Waals surface area (Å²) in [5.74, 6) is -3.80. The maximum Gasteiger partial charge on any atom is 0.306 e. The van der Waals surface area contributed by atoms with Gasteiger partial charge in [0, 0.05) is 12.8 Å². The summed E-state index contributed by atoms with van der Waals surface area (Å²) < 4.78 is 43.9. The van der Waals surface area contributed by atoms with E-state index in [1.54, 1.807) is 0 Å². The third-order valence-electron chi connectivity index (χ3n) is 3.88. The van der Waals surface area contributed by atoms with Crippen molar-refractivity contribution in [3.8, 4) is 0 Å². The molecule has 1 aliphatic carbocycles. The highest BCUT2D eigenvalue weighted by Gasteiger charge is 2.18. The minimum Gasteiger partial charge on any atom is -0.465 e. The van der Waals surface area contributed by atoms with Gasteiger partial charge in [0.15, 0.2) is 17.5 Å². The molecule has 0 saturated heterocycles. The van der Waals surface area contributed by atoms with E-state index in [4.69, 9.17) is 4.74 Å². The molecule has 2 rings (SSSR count). The summed E-state index contributed by atoms with van der Waals surface area (Å²) in [4.78, 5) is 11.7. The van der Waals surface area contributed by atoms with Crippen molar-refractivity contribution in [3.05, 3.63) is 35.1 Å². The predicted octanol–water partition coefficient (Wildman–Crippen LogP) is 4.16. The van der Waals surface area contributed by atoms with Crippen LogP contribution in [0.25, 0.3) is 0 Å². The second-order valence-electron chi connectivity index (χ2n) is 5.55. The second-order valence-corrected chi connectivity index (χ2v) is 5.55. The fourth-order valence-electron chi connectivity index (χ4n) is 2.72. The maximum absolute atomic E-state index is 13.0. The van der Waals surface area contributed by atoms with E-state index in [1.807, 2.05) is 0 Å². The Morgan fingerprint density at radius 3 is 2.33 bits per heavy atom. The maximum atomic E-state index is 13.0. The third-order valence-corrected chi connectivity index (χ3v) is 3.88. The van der Waals surface area contributed by atoms with Gasteiger partial charge < -0.3 is 4.74 Å². The monoisotopic (exact) mass is 300 g/mol. The largest absolute Gasteiger partial charge is 0.465 e. The molecule has 1 saturated carbocycles. The van der Waals surface area contributed by atoms with Crippen LogP contribution in [0.3, 0.4) is 0 Å². The molecule has 21 heavy (non-hydrogen) atoms. The van der Waals surface area contributed by atoms with Crippen LogP contribution in [0.15, 0.2) is 12.1 Å². The molecule has 0 heterocycles. The molecule has 1 aromatic carbocycles. The average Bonchev–Trinajstić information content (AvgIpc) is 2.45. The minimum atomic E-state index is -1.48. The van der Waals surface area contributed by atoms with Crippen molar-refractivity contribution < 1.29 is 22.7 Å². The molecule has 1 fully saturated rings. The lowest BCUT2D eigenvalue weighted by Crippen LogP contribution is -2.15. The quantitative estimate of drug-likeness (QED) is 0.603. The first-order chi connectivity index (χ1) is 10.1. The lowest BCUT2D eigenvalue weighted by atomic mass is 9.87. The van der Waals surface area contributed by atoms with Crippen LogP contribution in [0.2, 0.25) is 0 Å². The molecule has 0 aliphatic heterocycles. The van der Waals surface area contributed by atoms with Crippen molar-refractivity contribution >= 4 is 5.97 Å². The lowest BCUT2D eigenvalue weighted by molar-refractivity contribution is -0.144. The number of carbonyl (C=O) groups is 1. The minimum absolute atomic E-state index is 0.0517. The van der Waals surface area contributed by atoms with E-state index in [-0.39, 0.29) is 24.6 Å². The first-order valence-electron chi connectivity index (χ1n) is 7.35. The van der Waals surface area contributed by atoms with E-state index >= 15 is 0 Å². The molecule has 0 bridgehead atoms. The molecule has 0 aromatic heterocycles. The number of benzene rings is 1. The Kier molecular flexibility index (Phi) is 5.65. The van der Waals surface area contributed by atoms with Crippen molar-refractivity contribution in [1.82, 2.24) is 0 Å². The zero-order chi connectivity index (χ0) is 15.2. The predicted molar refractivity (Wildman–Crippen MR) is 72.2 cm³/mol. The number of esters is 1. The van der Waals surface area contributed by atoms with E-state index in [1.165, 1.54) is 6.42 Å². The van der Waals surface area contributed by atoms with E-state index in [0.717, 1.165) is 37.8 Å². The molecule has 5 heteroatoms. The van der Waals surface area contributed by atoms with E-state index in [2.05, 4.69) is 0 Å². The second kappa shape index (κ2) is 7.48. The molecule has 0 N–H and O–H groups in total. The lowest BCUT2D eigenvalue weighted by Gasteiger charge is -2.20. The van der Waals surface area contributed by atoms with Crippen molar-refractivity contribution in [2.24, 2.45) is 5.92 Å². The fourth-order valence-corrected chi connectivity index (χ4v) is 2.72. The molecule has 1 aromatic rings. The summed E-state index contributed by atoms with van der Waals surface area (Å²) in [5, 5.41) is 0. The van der Waals surface area contributed by atoms with E-state index in [9.17, 15) is 18.0 Å². The van der Waals surface area contributed by atoms with Gasteiger partial charge in [0.05, 0.1) is 6.61 Å². The zero-order valence-electron chi connectivity index (χ0n) is 11.8. The molecule has 1 aliphatic rings. The number of rotatable bonds is 5. The Labute approximate surface area is 122 Å². The Hall–Kier alpha value is -1.52. The number of halogens is 3. The van der Waals surface area contributed by atoms with Crippen molar-refractivity contribution in [2.75, 3.05) is 6.61 Å². The number of hydrogen-bond donors (Lipinski definition) is 0. The SMILES string of the molecule is O=C(CC1CCCCC1)OCCc1cc(F)c(F)c(F)c1. The summed E-state index contributed by atoms with van der Waals surface area (Å²) >= 11 is 0. The van der Waals surface area contributed by atoms with Gasteiger partial charge in [-0.15, -0.1) is 0 Å². The van der Waals surface area contributed by atoms with Crippen LogP contribution >= 0.6 is 0 Å². The van der Waals surface area contributed by atoms with Crippen LogP contribution in [0.4, 0.5) is 13.2 Å². The highest BCUT2D eigenvalue weighted by Crippen LogP contribution is 2.26. The van der Waals surface area contributed by atoms with Gasteiger partial charge in [-0.3, -0.25) is 4.79 Å². The van der Waals surface area contributed by atoms with Gasteiger partial charge in [-0.2, -0.15) is 0 Å². The van der Waals surface area contributed by atoms with Crippen LogP contribution in [0.5, 0.6) is 0 Å². The van der Waals surface area contributed by atoms with Crippen molar-refractivity contribution in [2.45, 2.75) is 44.9 Å². The van der Waals surface area contributed by atoms with E-state index in [0.29, 0.717) is 12.3 Å². The molecule has 2 nitrogen and oxygen atoms in total. The molecule has 116 valence electrons. The summed E-state index contributed by atoms with van der Waals surface area (Å²) in [6, 6.07) is 1.85. The zero-order valence-corrected chi connectivity index (χ0v) is 11.8. The number of hydrogen-bond acceptors (Lipinski definition) is 2. The summed E-state index contributed by atoms with van der Waals surface area (Å²) in [6.07, 6.45) is 6.25. The Balaban J connectivity index is 1.74. The van der Waals surface area contributed by atoms with Gasteiger partial charge in [0.2, 0.25) is 0 Å². The molecule has 0 unspecified atom stereocenters. The molecule has 0 radical (unpaired) electrons.